The van der Waals surface area contributed by atoms with Crippen LogP contribution in [-0.2, 0) is 0 Å². The molecule has 0 radical (unpaired) electrons. The summed E-state index contributed by atoms with van der Waals surface area (Å²) in [6, 6.07) is 4.16. The number of carbonyl (C=O) groups is 1. The van der Waals surface area contributed by atoms with Crippen molar-refractivity contribution in [2.75, 3.05) is 0 Å². The standard InChI is InChI=1S/C12H13NO/c1-7-4-5-10-9(3)11(6-14)13-12(10)8(7)2/h4-6,13H,1-3H3. The van der Waals surface area contributed by atoms with Crippen molar-refractivity contribution in [3.8, 4) is 0 Å². The van der Waals surface area contributed by atoms with Crippen LogP contribution in [0.25, 0.3) is 10.9 Å². The molecule has 14 heavy (non-hydrogen) atoms. The maximum atomic E-state index is 10.8. The molecular formula is C12H13NO. The molecule has 0 unspecified atom stereocenters. The van der Waals surface area contributed by atoms with E-state index in [0.29, 0.717) is 5.69 Å². The molecule has 2 rings (SSSR count). The van der Waals surface area contributed by atoms with Crippen molar-refractivity contribution in [2.45, 2.75) is 20.8 Å². The fraction of sp³-hybridized carbons (Fsp3) is 0.250. The molecular weight excluding hydrogens is 174 g/mol. The number of benzene rings is 1. The summed E-state index contributed by atoms with van der Waals surface area (Å²) in [7, 11) is 0. The second-order valence-corrected chi connectivity index (χ2v) is 3.71. The summed E-state index contributed by atoms with van der Waals surface area (Å²) in [6.07, 6.45) is 0.879. The van der Waals surface area contributed by atoms with Gasteiger partial charge in [0.15, 0.2) is 6.29 Å². The fourth-order valence-corrected chi connectivity index (χ4v) is 1.78. The van der Waals surface area contributed by atoms with Gasteiger partial charge in [0.25, 0.3) is 0 Å². The molecule has 2 nitrogen and oxygen atoms in total. The van der Waals surface area contributed by atoms with E-state index >= 15 is 0 Å². The van der Waals surface area contributed by atoms with Crippen molar-refractivity contribution < 1.29 is 4.79 Å². The summed E-state index contributed by atoms with van der Waals surface area (Å²) in [6.45, 7) is 6.12. The van der Waals surface area contributed by atoms with Crippen molar-refractivity contribution in [1.29, 1.82) is 0 Å². The van der Waals surface area contributed by atoms with Gasteiger partial charge in [-0.2, -0.15) is 0 Å². The van der Waals surface area contributed by atoms with E-state index in [4.69, 9.17) is 0 Å². The summed E-state index contributed by atoms with van der Waals surface area (Å²) in [5, 5.41) is 1.15. The van der Waals surface area contributed by atoms with Gasteiger partial charge < -0.3 is 4.98 Å². The van der Waals surface area contributed by atoms with Gasteiger partial charge in [0, 0.05) is 10.9 Å². The minimum Gasteiger partial charge on any atom is -0.352 e. The topological polar surface area (TPSA) is 32.9 Å². The number of nitrogens with one attached hydrogen (secondary N) is 1. The van der Waals surface area contributed by atoms with Gasteiger partial charge in [-0.3, -0.25) is 4.79 Å². The zero-order valence-electron chi connectivity index (χ0n) is 8.64. The average molecular weight is 187 g/mol. The summed E-state index contributed by atoms with van der Waals surface area (Å²) >= 11 is 0. The zero-order valence-corrected chi connectivity index (χ0v) is 8.64. The van der Waals surface area contributed by atoms with Crippen LogP contribution < -0.4 is 0 Å². The smallest absolute Gasteiger partial charge is 0.166 e. The van der Waals surface area contributed by atoms with E-state index in [0.717, 1.165) is 22.8 Å². The second-order valence-electron chi connectivity index (χ2n) is 3.71. The Morgan fingerprint density at radius 1 is 1.14 bits per heavy atom. The molecule has 0 bridgehead atoms. The third-order valence-corrected chi connectivity index (χ3v) is 2.92. The van der Waals surface area contributed by atoms with Crippen LogP contribution in [0.1, 0.15) is 27.2 Å². The molecule has 0 aliphatic heterocycles. The van der Waals surface area contributed by atoms with Crippen LogP contribution in [0.15, 0.2) is 12.1 Å². The molecule has 0 saturated carbocycles. The Morgan fingerprint density at radius 2 is 1.86 bits per heavy atom. The number of hydrogen-bond acceptors (Lipinski definition) is 1. The van der Waals surface area contributed by atoms with E-state index in [1.165, 1.54) is 11.1 Å². The Kier molecular flexibility index (Phi) is 1.92. The number of aromatic amines is 1. The van der Waals surface area contributed by atoms with Gasteiger partial charge in [-0.05, 0) is 37.5 Å². The lowest BCUT2D eigenvalue weighted by Gasteiger charge is -2.00. The highest BCUT2D eigenvalue weighted by molar-refractivity contribution is 5.94. The second kappa shape index (κ2) is 2.98. The minimum absolute atomic E-state index is 0.689. The third kappa shape index (κ3) is 1.07. The molecule has 1 N–H and O–H groups in total. The van der Waals surface area contributed by atoms with Gasteiger partial charge in [-0.15, -0.1) is 0 Å². The van der Waals surface area contributed by atoms with Crippen LogP contribution in [0.4, 0.5) is 0 Å². The third-order valence-electron chi connectivity index (χ3n) is 2.92. The van der Waals surface area contributed by atoms with Crippen LogP contribution in [0.5, 0.6) is 0 Å². The van der Waals surface area contributed by atoms with Crippen LogP contribution in [0.2, 0.25) is 0 Å². The molecule has 1 heterocycles. The van der Waals surface area contributed by atoms with E-state index < -0.39 is 0 Å². The number of fused-ring (bicyclic) bond motifs is 1. The van der Waals surface area contributed by atoms with E-state index in [2.05, 4.69) is 31.0 Å². The van der Waals surface area contributed by atoms with Crippen molar-refractivity contribution in [3.05, 3.63) is 34.5 Å². The van der Waals surface area contributed by atoms with Crippen LogP contribution in [0.3, 0.4) is 0 Å². The molecule has 0 atom stereocenters. The molecule has 2 heteroatoms. The summed E-state index contributed by atoms with van der Waals surface area (Å²) in [5.74, 6) is 0. The molecule has 1 aromatic heterocycles. The number of rotatable bonds is 1. The number of H-pyrrole nitrogens is 1. The van der Waals surface area contributed by atoms with Crippen LogP contribution in [-0.4, -0.2) is 11.3 Å². The van der Waals surface area contributed by atoms with Gasteiger partial charge in [0.05, 0.1) is 5.69 Å². The molecule has 1 aromatic carbocycles. The average Bonchev–Trinajstić information content (AvgIpc) is 2.50. The molecule has 0 aliphatic carbocycles. The molecule has 0 spiro atoms. The van der Waals surface area contributed by atoms with E-state index in [1.807, 2.05) is 6.92 Å². The molecule has 0 fully saturated rings. The van der Waals surface area contributed by atoms with Crippen molar-refractivity contribution >= 4 is 17.2 Å². The van der Waals surface area contributed by atoms with Gasteiger partial charge in [-0.1, -0.05) is 12.1 Å². The highest BCUT2D eigenvalue weighted by Gasteiger charge is 2.08. The first-order valence-corrected chi connectivity index (χ1v) is 4.69. The zero-order chi connectivity index (χ0) is 10.3. The van der Waals surface area contributed by atoms with Crippen LogP contribution >= 0.6 is 0 Å². The highest BCUT2D eigenvalue weighted by atomic mass is 16.1. The summed E-state index contributed by atoms with van der Waals surface area (Å²) in [5.41, 5.74) is 5.28. The molecule has 72 valence electrons. The maximum absolute atomic E-state index is 10.8. The molecule has 0 saturated heterocycles. The lowest BCUT2D eigenvalue weighted by Crippen LogP contribution is -1.82. The number of hydrogen-bond donors (Lipinski definition) is 1. The predicted molar refractivity (Wildman–Crippen MR) is 57.9 cm³/mol. The largest absolute Gasteiger partial charge is 0.352 e. The highest BCUT2D eigenvalue weighted by Crippen LogP contribution is 2.25. The van der Waals surface area contributed by atoms with E-state index in [1.54, 1.807) is 0 Å². The Balaban J connectivity index is 2.91. The predicted octanol–water partition coefficient (Wildman–Crippen LogP) is 2.91. The Bertz CT molecular complexity index is 509. The monoisotopic (exact) mass is 187 g/mol. The number of aldehydes is 1. The van der Waals surface area contributed by atoms with E-state index in [-0.39, 0.29) is 0 Å². The SMILES string of the molecule is Cc1ccc2c(C)c(C=O)[nH]c2c1C. The first-order chi connectivity index (χ1) is 6.65. The Hall–Kier alpha value is -1.57. The van der Waals surface area contributed by atoms with Crippen molar-refractivity contribution in [3.63, 3.8) is 0 Å². The lowest BCUT2D eigenvalue weighted by atomic mass is 10.1. The maximum Gasteiger partial charge on any atom is 0.166 e. The fourth-order valence-electron chi connectivity index (χ4n) is 1.78. The lowest BCUT2D eigenvalue weighted by molar-refractivity contribution is 0.111. The van der Waals surface area contributed by atoms with Crippen molar-refractivity contribution in [2.24, 2.45) is 0 Å². The summed E-state index contributed by atoms with van der Waals surface area (Å²) in [4.78, 5) is 13.9. The van der Waals surface area contributed by atoms with Gasteiger partial charge in [0.2, 0.25) is 0 Å². The molecule has 2 aromatic rings. The number of carbonyl (C=O) groups excluding carboxylic acids is 1. The molecule has 0 aliphatic rings. The Morgan fingerprint density at radius 3 is 2.50 bits per heavy atom. The van der Waals surface area contributed by atoms with Crippen LogP contribution in [0, 0.1) is 20.8 Å². The Labute approximate surface area is 82.9 Å². The minimum atomic E-state index is 0.689. The normalized spacial score (nSPS) is 10.8. The van der Waals surface area contributed by atoms with Crippen molar-refractivity contribution in [1.82, 2.24) is 4.98 Å². The number of aromatic nitrogens is 1. The summed E-state index contributed by atoms with van der Waals surface area (Å²) < 4.78 is 0. The molecule has 0 amide bonds. The first-order valence-electron chi connectivity index (χ1n) is 4.69. The van der Waals surface area contributed by atoms with Gasteiger partial charge in [-0.25, -0.2) is 0 Å². The first kappa shape index (κ1) is 9.00. The number of aryl methyl sites for hydroxylation is 3. The quantitative estimate of drug-likeness (QED) is 0.684. The van der Waals surface area contributed by atoms with E-state index in [9.17, 15) is 4.79 Å². The van der Waals surface area contributed by atoms with Gasteiger partial charge >= 0.3 is 0 Å². The van der Waals surface area contributed by atoms with Gasteiger partial charge in [0.1, 0.15) is 0 Å².